The molecule has 0 radical (unpaired) electrons. The van der Waals surface area contributed by atoms with Crippen molar-refractivity contribution in [1.29, 1.82) is 0 Å². The van der Waals surface area contributed by atoms with Gasteiger partial charge in [0, 0.05) is 7.05 Å². The first kappa shape index (κ1) is 21.2. The van der Waals surface area contributed by atoms with Crippen molar-refractivity contribution in [3.63, 3.8) is 0 Å². The fourth-order valence-corrected chi connectivity index (χ4v) is 5.23. The first-order valence-corrected chi connectivity index (χ1v) is 11.7. The summed E-state index contributed by atoms with van der Waals surface area (Å²) in [4.78, 5) is 28.1. The van der Waals surface area contributed by atoms with Crippen LogP contribution in [0.15, 0.2) is 89.7 Å². The Morgan fingerprint density at radius 3 is 2.12 bits per heavy atom. The summed E-state index contributed by atoms with van der Waals surface area (Å²) in [5.74, 6) is 1.74. The number of anilines is 1. The van der Waals surface area contributed by atoms with Crippen molar-refractivity contribution < 1.29 is 9.53 Å². The number of rotatable bonds is 5. The van der Waals surface area contributed by atoms with Crippen LogP contribution in [0.5, 0.6) is 11.5 Å². The molecule has 0 spiro atoms. The highest BCUT2D eigenvalue weighted by atomic mass is 32.2. The van der Waals surface area contributed by atoms with E-state index in [-0.39, 0.29) is 16.8 Å². The van der Waals surface area contributed by atoms with Gasteiger partial charge in [-0.2, -0.15) is 0 Å². The molecule has 1 aliphatic rings. The molecule has 1 amide bonds. The lowest BCUT2D eigenvalue weighted by molar-refractivity contribution is -0.115. The quantitative estimate of drug-likeness (QED) is 0.421. The number of ether oxygens (including phenoxy) is 1. The number of aromatic nitrogens is 2. The van der Waals surface area contributed by atoms with E-state index in [1.54, 1.807) is 14.3 Å². The van der Waals surface area contributed by atoms with Crippen LogP contribution in [0.1, 0.15) is 16.6 Å². The Bertz CT molecular complexity index is 1350. The largest absolute Gasteiger partial charge is 0.457 e. The molecule has 2 heterocycles. The van der Waals surface area contributed by atoms with Crippen LogP contribution in [-0.2, 0) is 11.8 Å². The van der Waals surface area contributed by atoms with E-state index in [2.05, 4.69) is 0 Å². The zero-order chi connectivity index (χ0) is 22.9. The second kappa shape index (κ2) is 8.67. The number of thioether (sulfide) groups is 1. The lowest BCUT2D eigenvalue weighted by atomic mass is 10.2. The Morgan fingerprint density at radius 1 is 0.848 bits per heavy atom. The molecule has 0 aliphatic carbocycles. The first-order valence-electron chi connectivity index (χ1n) is 10.6. The molecule has 1 unspecified atom stereocenters. The topological polar surface area (TPSA) is 56.5 Å². The summed E-state index contributed by atoms with van der Waals surface area (Å²) < 4.78 is 9.30. The predicted octanol–water partition coefficient (Wildman–Crippen LogP) is 5.06. The van der Waals surface area contributed by atoms with Crippen molar-refractivity contribution in [2.24, 2.45) is 7.05 Å². The molecule has 0 bridgehead atoms. The van der Waals surface area contributed by atoms with E-state index in [0.29, 0.717) is 17.2 Å². The maximum Gasteiger partial charge on any atom is 0.295 e. The number of amides is 1. The molecule has 1 atom stereocenters. The summed E-state index contributed by atoms with van der Waals surface area (Å²) in [6.07, 6.45) is 0. The van der Waals surface area contributed by atoms with E-state index >= 15 is 0 Å². The molecule has 1 aliphatic heterocycles. The molecular formula is C26H23N3O3S. The van der Waals surface area contributed by atoms with E-state index in [0.717, 1.165) is 22.7 Å². The highest BCUT2D eigenvalue weighted by Crippen LogP contribution is 2.42. The minimum Gasteiger partial charge on any atom is -0.457 e. The molecule has 7 heteroatoms. The number of carbonyl (C=O) groups excluding carboxylic acids is 1. The van der Waals surface area contributed by atoms with Gasteiger partial charge in [-0.05, 0) is 48.9 Å². The summed E-state index contributed by atoms with van der Waals surface area (Å²) in [6, 6.07) is 26.7. The second-order valence-electron chi connectivity index (χ2n) is 7.82. The Morgan fingerprint density at radius 2 is 1.45 bits per heavy atom. The fourth-order valence-electron chi connectivity index (χ4n) is 4.07. The van der Waals surface area contributed by atoms with Gasteiger partial charge in [-0.25, -0.2) is 4.68 Å². The molecule has 3 aromatic carbocycles. The monoisotopic (exact) mass is 457 g/mol. The van der Waals surface area contributed by atoms with Crippen LogP contribution in [0, 0.1) is 6.92 Å². The molecular weight excluding hydrogens is 434 g/mol. The SMILES string of the molecule is Cc1c(N2C(=O)CSC2c2ccc(Oc3ccccc3)cc2)c(=O)n(-c2ccccc2)n1C. The predicted molar refractivity (Wildman–Crippen MR) is 131 cm³/mol. The normalized spacial score (nSPS) is 15.8. The third-order valence-corrected chi connectivity index (χ3v) is 6.99. The van der Waals surface area contributed by atoms with Crippen LogP contribution >= 0.6 is 11.8 Å². The Labute approximate surface area is 196 Å². The molecule has 0 N–H and O–H groups in total. The van der Waals surface area contributed by atoms with Crippen molar-refractivity contribution in [1.82, 2.24) is 9.36 Å². The van der Waals surface area contributed by atoms with Crippen molar-refractivity contribution >= 4 is 23.4 Å². The van der Waals surface area contributed by atoms with Gasteiger partial charge < -0.3 is 4.74 Å². The molecule has 33 heavy (non-hydrogen) atoms. The average Bonchev–Trinajstić information content (AvgIpc) is 3.31. The minimum absolute atomic E-state index is 0.0689. The molecule has 4 aromatic rings. The highest BCUT2D eigenvalue weighted by Gasteiger charge is 2.38. The van der Waals surface area contributed by atoms with Gasteiger partial charge in [0.05, 0.1) is 17.1 Å². The number of para-hydroxylation sites is 2. The minimum atomic E-state index is -0.277. The van der Waals surface area contributed by atoms with Gasteiger partial charge in [-0.1, -0.05) is 48.5 Å². The van der Waals surface area contributed by atoms with Gasteiger partial charge in [0.25, 0.3) is 5.56 Å². The fraction of sp³-hybridized carbons (Fsp3) is 0.154. The number of carbonyl (C=O) groups is 1. The average molecular weight is 458 g/mol. The van der Waals surface area contributed by atoms with E-state index in [4.69, 9.17) is 4.74 Å². The summed E-state index contributed by atoms with van der Waals surface area (Å²) in [6.45, 7) is 1.88. The third-order valence-electron chi connectivity index (χ3n) is 5.78. The van der Waals surface area contributed by atoms with Gasteiger partial charge in [-0.15, -0.1) is 11.8 Å². The van der Waals surface area contributed by atoms with Crippen LogP contribution < -0.4 is 15.2 Å². The maximum atomic E-state index is 13.5. The number of nitrogens with zero attached hydrogens (tertiary/aromatic N) is 3. The summed E-state index contributed by atoms with van der Waals surface area (Å²) >= 11 is 1.52. The van der Waals surface area contributed by atoms with Gasteiger partial charge in [0.2, 0.25) is 5.91 Å². The third kappa shape index (κ3) is 3.85. The van der Waals surface area contributed by atoms with Crippen LogP contribution in [0.25, 0.3) is 5.69 Å². The second-order valence-corrected chi connectivity index (χ2v) is 8.89. The molecule has 1 saturated heterocycles. The van der Waals surface area contributed by atoms with E-state index in [9.17, 15) is 9.59 Å². The maximum absolute atomic E-state index is 13.5. The van der Waals surface area contributed by atoms with Crippen molar-refractivity contribution in [2.45, 2.75) is 12.3 Å². The van der Waals surface area contributed by atoms with Crippen LogP contribution in [0.2, 0.25) is 0 Å². The molecule has 5 rings (SSSR count). The highest BCUT2D eigenvalue weighted by molar-refractivity contribution is 8.00. The van der Waals surface area contributed by atoms with Gasteiger partial charge in [0.1, 0.15) is 22.6 Å². The first-order chi connectivity index (χ1) is 16.0. The number of hydrogen-bond donors (Lipinski definition) is 0. The number of hydrogen-bond acceptors (Lipinski definition) is 4. The molecule has 166 valence electrons. The van der Waals surface area contributed by atoms with Crippen LogP contribution in [0.4, 0.5) is 5.69 Å². The van der Waals surface area contributed by atoms with Gasteiger partial charge in [-0.3, -0.25) is 19.2 Å². The van der Waals surface area contributed by atoms with Crippen LogP contribution in [0.3, 0.4) is 0 Å². The molecule has 0 saturated carbocycles. The lowest BCUT2D eigenvalue weighted by Gasteiger charge is -2.23. The Balaban J connectivity index is 1.49. The summed E-state index contributed by atoms with van der Waals surface area (Å²) in [5.41, 5.74) is 2.67. The summed E-state index contributed by atoms with van der Waals surface area (Å²) in [5, 5.41) is -0.277. The lowest BCUT2D eigenvalue weighted by Crippen LogP contribution is -2.33. The Hall–Kier alpha value is -3.71. The van der Waals surface area contributed by atoms with E-state index in [1.807, 2.05) is 98.9 Å². The molecule has 6 nitrogen and oxygen atoms in total. The zero-order valence-corrected chi connectivity index (χ0v) is 19.2. The summed E-state index contributed by atoms with van der Waals surface area (Å²) in [7, 11) is 1.84. The number of benzene rings is 3. The standard InChI is InChI=1S/C26H23N3O3S/c1-18-24(25(31)29(27(18)2)20-9-5-3-6-10-20)28-23(30)17-33-26(28)19-13-15-22(16-14-19)32-21-11-7-4-8-12-21/h3-16,26H,17H2,1-2H3. The molecule has 1 aromatic heterocycles. The van der Waals surface area contributed by atoms with Gasteiger partial charge in [0.15, 0.2) is 0 Å². The van der Waals surface area contributed by atoms with Crippen molar-refractivity contribution in [3.8, 4) is 17.2 Å². The smallest absolute Gasteiger partial charge is 0.295 e. The molecule has 1 fully saturated rings. The van der Waals surface area contributed by atoms with Crippen molar-refractivity contribution in [2.75, 3.05) is 10.7 Å². The zero-order valence-electron chi connectivity index (χ0n) is 18.3. The Kier molecular flexibility index (Phi) is 5.56. The van der Waals surface area contributed by atoms with Crippen LogP contribution in [-0.4, -0.2) is 21.0 Å². The van der Waals surface area contributed by atoms with E-state index in [1.165, 1.54) is 11.8 Å². The van der Waals surface area contributed by atoms with Crippen molar-refractivity contribution in [3.05, 3.63) is 107 Å². The van der Waals surface area contributed by atoms with Gasteiger partial charge >= 0.3 is 0 Å². The van der Waals surface area contributed by atoms with E-state index < -0.39 is 0 Å².